The molecule has 2 aromatic rings. The molecule has 2 unspecified atom stereocenters. The number of nitrogens with zero attached hydrogens (tertiary/aromatic N) is 4. The first kappa shape index (κ1) is 19.7. The predicted octanol–water partition coefficient (Wildman–Crippen LogP) is 4.19. The molecule has 4 nitrogen and oxygen atoms in total. The zero-order valence-corrected chi connectivity index (χ0v) is 16.7. The summed E-state index contributed by atoms with van der Waals surface area (Å²) in [6, 6.07) is 20.8. The number of rotatable bonds is 7. The van der Waals surface area contributed by atoms with E-state index in [1.807, 2.05) is 50.3 Å². The maximum absolute atomic E-state index is 4.80. The molecule has 2 atom stereocenters. The fraction of sp³-hybridized carbons (Fsp3) is 0.364. The van der Waals surface area contributed by atoms with Crippen LogP contribution in [0.5, 0.6) is 0 Å². The first-order valence-corrected chi connectivity index (χ1v) is 9.02. The predicted molar refractivity (Wildman–Crippen MR) is 112 cm³/mol. The molecule has 2 rings (SSSR count). The maximum Gasteiger partial charge on any atom is 0.0712 e. The van der Waals surface area contributed by atoms with Gasteiger partial charge < -0.3 is 10.0 Å². The van der Waals surface area contributed by atoms with Crippen molar-refractivity contribution in [1.82, 2.24) is 10.0 Å². The van der Waals surface area contributed by atoms with E-state index in [9.17, 15) is 0 Å². The van der Waals surface area contributed by atoms with E-state index in [2.05, 4.69) is 62.4 Å². The van der Waals surface area contributed by atoms with Crippen LogP contribution in [0.4, 0.5) is 0 Å². The summed E-state index contributed by atoms with van der Waals surface area (Å²) < 4.78 is 0. The van der Waals surface area contributed by atoms with Gasteiger partial charge in [0.2, 0.25) is 0 Å². The Hall–Kier alpha value is -2.62. The van der Waals surface area contributed by atoms with Gasteiger partial charge in [0.1, 0.15) is 0 Å². The van der Waals surface area contributed by atoms with Gasteiger partial charge in [0.15, 0.2) is 0 Å². The van der Waals surface area contributed by atoms with Crippen LogP contribution in [0.2, 0.25) is 0 Å². The summed E-state index contributed by atoms with van der Waals surface area (Å²) in [7, 11) is 7.86. The highest BCUT2D eigenvalue weighted by atomic mass is 15.4. The highest BCUT2D eigenvalue weighted by Crippen LogP contribution is 2.23. The zero-order valence-electron chi connectivity index (χ0n) is 16.7. The van der Waals surface area contributed by atoms with Gasteiger partial charge in [-0.05, 0) is 11.1 Å². The molecule has 0 amide bonds. The van der Waals surface area contributed by atoms with Crippen LogP contribution in [0.15, 0.2) is 70.9 Å². The monoisotopic (exact) mass is 350 g/mol. The molecule has 138 valence electrons. The van der Waals surface area contributed by atoms with Crippen LogP contribution in [0, 0.1) is 11.8 Å². The smallest absolute Gasteiger partial charge is 0.0712 e. The molecule has 0 aliphatic carbocycles. The van der Waals surface area contributed by atoms with Crippen molar-refractivity contribution >= 4 is 11.4 Å². The molecule has 0 aliphatic heterocycles. The van der Waals surface area contributed by atoms with Crippen LogP contribution < -0.4 is 0 Å². The lowest BCUT2D eigenvalue weighted by atomic mass is 9.82. The van der Waals surface area contributed by atoms with E-state index in [1.54, 1.807) is 0 Å². The van der Waals surface area contributed by atoms with E-state index in [1.165, 1.54) is 0 Å². The first-order valence-electron chi connectivity index (χ1n) is 9.02. The second-order valence-corrected chi connectivity index (χ2v) is 6.97. The Morgan fingerprint density at radius 1 is 0.615 bits per heavy atom. The Morgan fingerprint density at radius 2 is 0.923 bits per heavy atom. The van der Waals surface area contributed by atoms with Gasteiger partial charge in [-0.25, -0.2) is 0 Å². The summed E-state index contributed by atoms with van der Waals surface area (Å²) in [6.07, 6.45) is 0. The average Bonchev–Trinajstić information content (AvgIpc) is 2.64. The fourth-order valence-corrected chi connectivity index (χ4v) is 2.95. The Kier molecular flexibility index (Phi) is 6.96. The molecule has 4 heteroatoms. The van der Waals surface area contributed by atoms with Gasteiger partial charge in [-0.3, -0.25) is 0 Å². The van der Waals surface area contributed by atoms with Crippen molar-refractivity contribution in [3.63, 3.8) is 0 Å². The summed E-state index contributed by atoms with van der Waals surface area (Å²) >= 11 is 0. The molecule has 0 heterocycles. The van der Waals surface area contributed by atoms with Crippen LogP contribution in [0.3, 0.4) is 0 Å². The largest absolute Gasteiger partial charge is 0.303 e. The number of benzene rings is 2. The molecule has 0 bridgehead atoms. The Labute approximate surface area is 157 Å². The minimum atomic E-state index is 0.207. The van der Waals surface area contributed by atoms with Gasteiger partial charge in [0.05, 0.1) is 11.4 Å². The number of hydrogen-bond donors (Lipinski definition) is 0. The van der Waals surface area contributed by atoms with Crippen molar-refractivity contribution in [3.8, 4) is 0 Å². The minimum Gasteiger partial charge on any atom is -0.303 e. The molecule has 0 aromatic heterocycles. The third kappa shape index (κ3) is 5.19. The van der Waals surface area contributed by atoms with Crippen LogP contribution in [-0.2, 0) is 0 Å². The van der Waals surface area contributed by atoms with E-state index < -0.39 is 0 Å². The Balaban J connectivity index is 2.44. The van der Waals surface area contributed by atoms with Crippen LogP contribution in [-0.4, -0.2) is 49.6 Å². The molecule has 0 saturated heterocycles. The maximum atomic E-state index is 4.80. The van der Waals surface area contributed by atoms with Crippen LogP contribution >= 0.6 is 0 Å². The van der Waals surface area contributed by atoms with Gasteiger partial charge in [0, 0.05) is 40.0 Å². The van der Waals surface area contributed by atoms with Gasteiger partial charge in [-0.2, -0.15) is 10.2 Å². The van der Waals surface area contributed by atoms with E-state index >= 15 is 0 Å². The van der Waals surface area contributed by atoms with Crippen molar-refractivity contribution in [1.29, 1.82) is 0 Å². The van der Waals surface area contributed by atoms with E-state index in [4.69, 9.17) is 10.2 Å². The van der Waals surface area contributed by atoms with Crippen molar-refractivity contribution in [2.45, 2.75) is 13.8 Å². The van der Waals surface area contributed by atoms with Gasteiger partial charge in [-0.15, -0.1) is 0 Å². The van der Waals surface area contributed by atoms with Crippen molar-refractivity contribution < 1.29 is 0 Å². The molecular weight excluding hydrogens is 320 g/mol. The standard InChI is InChI=1S/C22H30N4/c1-17(21(23-25(3)4)19-13-9-7-10-14-19)18(2)22(24-26(5)6)20-15-11-8-12-16-20/h7-18H,1-6H3/b23-21-,24-22+. The Bertz CT molecular complexity index is 668. The minimum absolute atomic E-state index is 0.207. The van der Waals surface area contributed by atoms with Crippen LogP contribution in [0.1, 0.15) is 25.0 Å². The lowest BCUT2D eigenvalue weighted by Gasteiger charge is -2.26. The third-order valence-electron chi connectivity index (χ3n) is 4.37. The second kappa shape index (κ2) is 9.18. The molecule has 0 aliphatic rings. The molecule has 0 radical (unpaired) electrons. The zero-order chi connectivity index (χ0) is 19.1. The topological polar surface area (TPSA) is 31.2 Å². The highest BCUT2D eigenvalue weighted by molar-refractivity contribution is 6.08. The molecule has 26 heavy (non-hydrogen) atoms. The van der Waals surface area contributed by atoms with Gasteiger partial charge in [0.25, 0.3) is 0 Å². The van der Waals surface area contributed by atoms with E-state index in [-0.39, 0.29) is 11.8 Å². The lowest BCUT2D eigenvalue weighted by molar-refractivity contribution is 0.423. The first-order chi connectivity index (χ1) is 12.4. The molecule has 2 aromatic carbocycles. The summed E-state index contributed by atoms with van der Waals surface area (Å²) in [5.41, 5.74) is 4.45. The fourth-order valence-electron chi connectivity index (χ4n) is 2.95. The molecule has 0 N–H and O–H groups in total. The number of hydrogen-bond acceptors (Lipinski definition) is 4. The second-order valence-electron chi connectivity index (χ2n) is 6.97. The summed E-state index contributed by atoms with van der Waals surface area (Å²) in [5.74, 6) is 0.414. The van der Waals surface area contributed by atoms with Crippen LogP contribution in [0.25, 0.3) is 0 Å². The molecule has 0 fully saturated rings. The summed E-state index contributed by atoms with van der Waals surface area (Å²) in [5, 5.41) is 13.4. The molecule has 0 saturated carbocycles. The quantitative estimate of drug-likeness (QED) is 0.554. The van der Waals surface area contributed by atoms with Gasteiger partial charge >= 0.3 is 0 Å². The average molecular weight is 351 g/mol. The van der Waals surface area contributed by atoms with Gasteiger partial charge in [-0.1, -0.05) is 74.5 Å². The van der Waals surface area contributed by atoms with E-state index in [0.717, 1.165) is 22.6 Å². The summed E-state index contributed by atoms with van der Waals surface area (Å²) in [4.78, 5) is 0. The molecule has 0 spiro atoms. The summed E-state index contributed by atoms with van der Waals surface area (Å²) in [6.45, 7) is 4.46. The third-order valence-corrected chi connectivity index (χ3v) is 4.37. The Morgan fingerprint density at radius 3 is 1.19 bits per heavy atom. The van der Waals surface area contributed by atoms with Crippen molar-refractivity contribution in [3.05, 3.63) is 71.8 Å². The van der Waals surface area contributed by atoms with E-state index in [0.29, 0.717) is 0 Å². The number of hydrazone groups is 2. The SMILES string of the molecule is CC(/C(=N/N(C)C)c1ccccc1)C(C)/C(=N\N(C)C)c1ccccc1. The van der Waals surface area contributed by atoms with Crippen molar-refractivity contribution in [2.75, 3.05) is 28.2 Å². The van der Waals surface area contributed by atoms with Crippen molar-refractivity contribution in [2.24, 2.45) is 22.0 Å². The highest BCUT2D eigenvalue weighted by Gasteiger charge is 2.25. The normalized spacial score (nSPS) is 14.7. The molecular formula is C22H30N4. The lowest BCUT2D eigenvalue weighted by Crippen LogP contribution is -2.29.